The molecule has 1 aliphatic rings. The van der Waals surface area contributed by atoms with E-state index in [9.17, 15) is 35.6 Å². The van der Waals surface area contributed by atoms with Crippen molar-refractivity contribution in [3.63, 3.8) is 0 Å². The third kappa shape index (κ3) is 6.81. The van der Waals surface area contributed by atoms with Crippen molar-refractivity contribution in [1.29, 1.82) is 0 Å². The van der Waals surface area contributed by atoms with E-state index in [1.165, 1.54) is 11.3 Å². The van der Waals surface area contributed by atoms with Crippen LogP contribution in [0.1, 0.15) is 41.9 Å². The van der Waals surface area contributed by atoms with Crippen LogP contribution in [0.2, 0.25) is 0 Å². The summed E-state index contributed by atoms with van der Waals surface area (Å²) in [7, 11) is -4.55. The van der Waals surface area contributed by atoms with Gasteiger partial charge in [-0.2, -0.15) is 17.5 Å². The summed E-state index contributed by atoms with van der Waals surface area (Å²) in [4.78, 5) is 25.4. The van der Waals surface area contributed by atoms with Crippen molar-refractivity contribution in [2.75, 3.05) is 19.6 Å². The number of amides is 2. The van der Waals surface area contributed by atoms with Crippen LogP contribution >= 0.6 is 11.3 Å². The molecule has 0 saturated carbocycles. The zero-order chi connectivity index (χ0) is 29.2. The van der Waals surface area contributed by atoms with Gasteiger partial charge >= 0.3 is 6.18 Å². The average Bonchev–Trinajstić information content (AvgIpc) is 3.54. The van der Waals surface area contributed by atoms with Gasteiger partial charge in [-0.05, 0) is 60.4 Å². The van der Waals surface area contributed by atoms with E-state index in [2.05, 4.69) is 10.6 Å². The monoisotopic (exact) mass is 599 g/mol. The molecular formula is C27H29F4N3O4S2. The zero-order valence-electron chi connectivity index (χ0n) is 21.8. The Morgan fingerprint density at radius 1 is 1.12 bits per heavy atom. The van der Waals surface area contributed by atoms with Gasteiger partial charge in [0.25, 0.3) is 5.91 Å². The van der Waals surface area contributed by atoms with Crippen LogP contribution in [0.3, 0.4) is 0 Å². The number of halogens is 4. The maximum Gasteiger partial charge on any atom is 0.417 e. The van der Waals surface area contributed by atoms with Crippen LogP contribution in [0, 0.1) is 17.7 Å². The number of nitrogens with zero attached hydrogens (tertiary/aromatic N) is 1. The van der Waals surface area contributed by atoms with E-state index < -0.39 is 44.4 Å². The van der Waals surface area contributed by atoms with E-state index in [4.69, 9.17) is 0 Å². The molecule has 13 heteroatoms. The molecule has 2 atom stereocenters. The quantitative estimate of drug-likeness (QED) is 0.338. The predicted octanol–water partition coefficient (Wildman–Crippen LogP) is 5.03. The SMILES string of the molecule is CC(C)C[C@H](NC(=O)c1cc2ccccc2s1)C(=O)NC[C@@H]1CCN(S(=O)(=O)c2ccc(F)cc2C(F)(F)F)C1. The molecule has 2 aromatic carbocycles. The van der Waals surface area contributed by atoms with Crippen LogP contribution in [-0.2, 0) is 21.0 Å². The van der Waals surface area contributed by atoms with Crippen LogP contribution in [0.15, 0.2) is 53.4 Å². The standard InChI is InChI=1S/C27H29F4N3O4S2/c1-16(2)11-21(33-26(36)23-12-18-5-3-4-6-22(18)39-23)25(35)32-14-17-9-10-34(15-17)40(37,38)24-8-7-19(28)13-20(24)27(29,30)31/h3-8,12-13,16-17,21H,9-11,14-15H2,1-2H3,(H,32,35)(H,33,36)/t17-,21-/m0/s1. The Balaban J connectivity index is 1.39. The molecule has 40 heavy (non-hydrogen) atoms. The Hall–Kier alpha value is -3.03. The van der Waals surface area contributed by atoms with E-state index in [1.807, 2.05) is 38.1 Å². The molecule has 4 rings (SSSR count). The molecule has 7 nitrogen and oxygen atoms in total. The number of sulfonamides is 1. The largest absolute Gasteiger partial charge is 0.417 e. The van der Waals surface area contributed by atoms with Gasteiger partial charge < -0.3 is 10.6 Å². The van der Waals surface area contributed by atoms with Gasteiger partial charge in [0.1, 0.15) is 11.9 Å². The number of nitrogens with one attached hydrogen (secondary N) is 2. The van der Waals surface area contributed by atoms with Crippen molar-refractivity contribution >= 4 is 43.3 Å². The first kappa shape index (κ1) is 29.9. The summed E-state index contributed by atoms with van der Waals surface area (Å²) in [6.45, 7) is 3.75. The normalized spacial score (nSPS) is 17.3. The minimum atomic E-state index is -5.05. The fraction of sp³-hybridized carbons (Fsp3) is 0.407. The number of benzene rings is 2. The van der Waals surface area contributed by atoms with Crippen molar-refractivity contribution in [2.24, 2.45) is 11.8 Å². The first-order chi connectivity index (χ1) is 18.8. The van der Waals surface area contributed by atoms with Gasteiger partial charge in [-0.25, -0.2) is 12.8 Å². The van der Waals surface area contributed by atoms with Crippen LogP contribution < -0.4 is 10.6 Å². The Bertz CT molecular complexity index is 1470. The maximum absolute atomic E-state index is 13.5. The fourth-order valence-electron chi connectivity index (χ4n) is 4.66. The minimum Gasteiger partial charge on any atom is -0.354 e. The highest BCUT2D eigenvalue weighted by Crippen LogP contribution is 2.37. The van der Waals surface area contributed by atoms with Crippen molar-refractivity contribution in [3.8, 4) is 0 Å². The minimum absolute atomic E-state index is 0.0460. The second-order valence-electron chi connectivity index (χ2n) is 10.2. The number of alkyl halides is 3. The third-order valence-electron chi connectivity index (χ3n) is 6.66. The highest BCUT2D eigenvalue weighted by Gasteiger charge is 2.41. The predicted molar refractivity (Wildman–Crippen MR) is 144 cm³/mol. The van der Waals surface area contributed by atoms with Gasteiger partial charge in [-0.1, -0.05) is 32.0 Å². The molecule has 2 heterocycles. The molecule has 2 N–H and O–H groups in total. The van der Waals surface area contributed by atoms with E-state index in [1.54, 1.807) is 6.07 Å². The number of hydrogen-bond acceptors (Lipinski definition) is 5. The number of hydrogen-bond donors (Lipinski definition) is 2. The summed E-state index contributed by atoms with van der Waals surface area (Å²) in [6.07, 6.45) is -4.37. The lowest BCUT2D eigenvalue weighted by atomic mass is 10.0. The van der Waals surface area contributed by atoms with E-state index in [0.29, 0.717) is 29.9 Å². The van der Waals surface area contributed by atoms with Gasteiger partial charge in [-0.15, -0.1) is 11.3 Å². The van der Waals surface area contributed by atoms with Crippen LogP contribution in [0.25, 0.3) is 10.1 Å². The Labute approximate surface area is 233 Å². The Morgan fingerprint density at radius 2 is 1.85 bits per heavy atom. The van der Waals surface area contributed by atoms with Crippen LogP contribution in [0.5, 0.6) is 0 Å². The van der Waals surface area contributed by atoms with Crippen LogP contribution in [0.4, 0.5) is 17.6 Å². The highest BCUT2D eigenvalue weighted by molar-refractivity contribution is 7.89. The van der Waals surface area contributed by atoms with Gasteiger partial charge in [0.15, 0.2) is 0 Å². The Kier molecular flexibility index (Phi) is 8.86. The number of fused-ring (bicyclic) bond motifs is 1. The molecule has 0 spiro atoms. The first-order valence-electron chi connectivity index (χ1n) is 12.7. The van der Waals surface area contributed by atoms with Gasteiger partial charge in [0.2, 0.25) is 15.9 Å². The second-order valence-corrected chi connectivity index (χ2v) is 13.2. The third-order valence-corrected chi connectivity index (χ3v) is 9.69. The van der Waals surface area contributed by atoms with Crippen molar-refractivity contribution in [3.05, 3.63) is 64.8 Å². The zero-order valence-corrected chi connectivity index (χ0v) is 23.4. The summed E-state index contributed by atoms with van der Waals surface area (Å²) >= 11 is 1.32. The summed E-state index contributed by atoms with van der Waals surface area (Å²) in [5.41, 5.74) is -1.56. The fourth-order valence-corrected chi connectivity index (χ4v) is 7.35. The van der Waals surface area contributed by atoms with Crippen molar-refractivity contribution in [2.45, 2.75) is 43.8 Å². The smallest absolute Gasteiger partial charge is 0.354 e. The molecule has 0 radical (unpaired) electrons. The molecular weight excluding hydrogens is 570 g/mol. The van der Waals surface area contributed by atoms with Crippen molar-refractivity contribution in [1.82, 2.24) is 14.9 Å². The van der Waals surface area contributed by atoms with Crippen LogP contribution in [-0.4, -0.2) is 50.2 Å². The molecule has 0 aliphatic carbocycles. The summed E-state index contributed by atoms with van der Waals surface area (Å²) in [5.74, 6) is -2.26. The first-order valence-corrected chi connectivity index (χ1v) is 15.0. The number of rotatable bonds is 9. The molecule has 3 aromatic rings. The maximum atomic E-state index is 13.5. The lowest BCUT2D eigenvalue weighted by molar-refractivity contribution is -0.140. The van der Waals surface area contributed by atoms with E-state index in [-0.39, 0.29) is 43.4 Å². The molecule has 216 valence electrons. The summed E-state index contributed by atoms with van der Waals surface area (Å²) in [6, 6.07) is 9.95. The van der Waals surface area contributed by atoms with Gasteiger partial charge in [-0.3, -0.25) is 9.59 Å². The molecule has 1 aliphatic heterocycles. The van der Waals surface area contributed by atoms with Gasteiger partial charge in [0.05, 0.1) is 15.3 Å². The molecule has 0 bridgehead atoms. The lowest BCUT2D eigenvalue weighted by Crippen LogP contribution is -2.48. The molecule has 1 saturated heterocycles. The molecule has 0 unspecified atom stereocenters. The molecule has 2 amide bonds. The number of carbonyl (C=O) groups excluding carboxylic acids is 2. The highest BCUT2D eigenvalue weighted by atomic mass is 32.2. The number of thiophene rings is 1. The van der Waals surface area contributed by atoms with E-state index >= 15 is 0 Å². The Morgan fingerprint density at radius 3 is 2.52 bits per heavy atom. The number of carbonyl (C=O) groups is 2. The molecule has 1 aromatic heterocycles. The van der Waals surface area contributed by atoms with Gasteiger partial charge in [0, 0.05) is 24.3 Å². The van der Waals surface area contributed by atoms with Crippen molar-refractivity contribution < 1.29 is 35.6 Å². The summed E-state index contributed by atoms with van der Waals surface area (Å²) < 4.78 is 81.6. The lowest BCUT2D eigenvalue weighted by Gasteiger charge is -2.22. The average molecular weight is 600 g/mol. The van der Waals surface area contributed by atoms with E-state index in [0.717, 1.165) is 14.4 Å². The summed E-state index contributed by atoms with van der Waals surface area (Å²) in [5, 5.41) is 6.49. The molecule has 1 fully saturated rings. The topological polar surface area (TPSA) is 95.6 Å². The second kappa shape index (κ2) is 11.8.